The van der Waals surface area contributed by atoms with Crippen LogP contribution in [0.4, 0.5) is 0 Å². The van der Waals surface area contributed by atoms with Crippen molar-refractivity contribution in [2.75, 3.05) is 0 Å². The molecule has 1 heteroatoms. The summed E-state index contributed by atoms with van der Waals surface area (Å²) in [7, 11) is 0. The molecule has 0 radical (unpaired) electrons. The molecule has 2 aromatic carbocycles. The number of hydrogen-bond donors (Lipinski definition) is 1. The first kappa shape index (κ1) is 17.0. The lowest BCUT2D eigenvalue weighted by Gasteiger charge is -2.34. The highest BCUT2D eigenvalue weighted by molar-refractivity contribution is 5.86. The van der Waals surface area contributed by atoms with Crippen LogP contribution in [0.5, 0.6) is 0 Å². The van der Waals surface area contributed by atoms with E-state index < -0.39 is 0 Å². The van der Waals surface area contributed by atoms with E-state index in [0.717, 1.165) is 0 Å². The number of nitrogens with one attached hydrogen (secondary N) is 1. The molecule has 0 saturated carbocycles. The normalized spacial score (nSPS) is 15.0. The molecule has 120 valence electrons. The van der Waals surface area contributed by atoms with Crippen LogP contribution in [-0.2, 0) is 0 Å². The zero-order valence-electron chi connectivity index (χ0n) is 14.8. The van der Waals surface area contributed by atoms with E-state index in [1.807, 2.05) is 0 Å². The second kappa shape index (κ2) is 7.28. The smallest absolute Gasteiger partial charge is 0.0300 e. The molecule has 0 amide bonds. The molecule has 2 atom stereocenters. The SMILES string of the molecule is CCCC[C@@H](N[C@H](C)c1cccc2ccccc12)C(C)(C)C. The second-order valence-corrected chi connectivity index (χ2v) is 7.52. The molecule has 0 spiro atoms. The zero-order valence-corrected chi connectivity index (χ0v) is 14.8. The summed E-state index contributed by atoms with van der Waals surface area (Å²) >= 11 is 0. The molecule has 0 bridgehead atoms. The van der Waals surface area contributed by atoms with Gasteiger partial charge in [0.15, 0.2) is 0 Å². The predicted molar refractivity (Wildman–Crippen MR) is 98.3 cm³/mol. The number of hydrogen-bond acceptors (Lipinski definition) is 1. The molecule has 2 rings (SSSR count). The molecule has 0 aliphatic carbocycles. The average Bonchev–Trinajstić information content (AvgIpc) is 2.49. The van der Waals surface area contributed by atoms with Crippen LogP contribution in [0.25, 0.3) is 10.8 Å². The topological polar surface area (TPSA) is 12.0 Å². The Labute approximate surface area is 136 Å². The third-order valence-corrected chi connectivity index (χ3v) is 4.63. The minimum Gasteiger partial charge on any atom is -0.307 e. The van der Waals surface area contributed by atoms with Crippen molar-refractivity contribution in [1.29, 1.82) is 0 Å². The molecular formula is C21H31N. The van der Waals surface area contributed by atoms with Crippen molar-refractivity contribution in [3.63, 3.8) is 0 Å². The Morgan fingerprint density at radius 3 is 2.36 bits per heavy atom. The number of benzene rings is 2. The lowest BCUT2D eigenvalue weighted by atomic mass is 9.83. The van der Waals surface area contributed by atoms with E-state index in [2.05, 4.69) is 82.4 Å². The minimum atomic E-state index is 0.286. The van der Waals surface area contributed by atoms with E-state index in [4.69, 9.17) is 0 Å². The molecule has 1 nitrogen and oxygen atoms in total. The monoisotopic (exact) mass is 297 g/mol. The first-order chi connectivity index (χ1) is 10.4. The summed E-state index contributed by atoms with van der Waals surface area (Å²) in [5.74, 6) is 0. The summed E-state index contributed by atoms with van der Waals surface area (Å²) in [5.41, 5.74) is 1.69. The fourth-order valence-electron chi connectivity index (χ4n) is 3.19. The quantitative estimate of drug-likeness (QED) is 0.679. The van der Waals surface area contributed by atoms with Crippen molar-refractivity contribution >= 4 is 10.8 Å². The number of fused-ring (bicyclic) bond motifs is 1. The molecule has 22 heavy (non-hydrogen) atoms. The van der Waals surface area contributed by atoms with Gasteiger partial charge in [-0.05, 0) is 35.1 Å². The number of unbranched alkanes of at least 4 members (excludes halogenated alkanes) is 1. The fourth-order valence-corrected chi connectivity index (χ4v) is 3.19. The van der Waals surface area contributed by atoms with Crippen molar-refractivity contribution in [3.8, 4) is 0 Å². The largest absolute Gasteiger partial charge is 0.307 e. The highest BCUT2D eigenvalue weighted by atomic mass is 15.0. The molecule has 0 saturated heterocycles. The maximum atomic E-state index is 3.90. The van der Waals surface area contributed by atoms with Gasteiger partial charge in [0.05, 0.1) is 0 Å². The first-order valence-corrected chi connectivity index (χ1v) is 8.67. The van der Waals surface area contributed by atoms with E-state index >= 15 is 0 Å². The van der Waals surface area contributed by atoms with Crippen molar-refractivity contribution in [3.05, 3.63) is 48.0 Å². The van der Waals surface area contributed by atoms with E-state index in [1.54, 1.807) is 0 Å². The van der Waals surface area contributed by atoms with Crippen molar-refractivity contribution in [1.82, 2.24) is 5.32 Å². The second-order valence-electron chi connectivity index (χ2n) is 7.52. The first-order valence-electron chi connectivity index (χ1n) is 8.67. The van der Waals surface area contributed by atoms with Crippen molar-refractivity contribution in [2.24, 2.45) is 5.41 Å². The van der Waals surface area contributed by atoms with Gasteiger partial charge in [-0.25, -0.2) is 0 Å². The zero-order chi connectivity index (χ0) is 16.2. The summed E-state index contributed by atoms with van der Waals surface area (Å²) in [6.07, 6.45) is 3.79. The Kier molecular flexibility index (Phi) is 5.63. The van der Waals surface area contributed by atoms with Gasteiger partial charge in [0.25, 0.3) is 0 Å². The van der Waals surface area contributed by atoms with Crippen molar-refractivity contribution < 1.29 is 0 Å². The van der Waals surface area contributed by atoms with Crippen LogP contribution in [0.1, 0.15) is 65.5 Å². The lowest BCUT2D eigenvalue weighted by Crippen LogP contribution is -2.41. The van der Waals surface area contributed by atoms with Gasteiger partial charge in [0, 0.05) is 12.1 Å². The average molecular weight is 297 g/mol. The molecular weight excluding hydrogens is 266 g/mol. The fraction of sp³-hybridized carbons (Fsp3) is 0.524. The van der Waals surface area contributed by atoms with Crippen LogP contribution in [0.2, 0.25) is 0 Å². The Morgan fingerprint density at radius 2 is 1.68 bits per heavy atom. The Morgan fingerprint density at radius 1 is 1.00 bits per heavy atom. The summed E-state index contributed by atoms with van der Waals surface area (Å²) in [5, 5.41) is 6.60. The Bertz CT molecular complexity index is 589. The van der Waals surface area contributed by atoms with E-state index in [1.165, 1.54) is 35.6 Å². The van der Waals surface area contributed by atoms with Gasteiger partial charge in [-0.1, -0.05) is 83.0 Å². The molecule has 0 aliphatic heterocycles. The lowest BCUT2D eigenvalue weighted by molar-refractivity contribution is 0.234. The molecule has 0 heterocycles. The maximum absolute atomic E-state index is 3.90. The van der Waals surface area contributed by atoms with E-state index in [9.17, 15) is 0 Å². The summed E-state index contributed by atoms with van der Waals surface area (Å²) in [6.45, 7) is 11.6. The summed E-state index contributed by atoms with van der Waals surface area (Å²) < 4.78 is 0. The minimum absolute atomic E-state index is 0.286. The van der Waals surface area contributed by atoms with Crippen LogP contribution >= 0.6 is 0 Å². The highest BCUT2D eigenvalue weighted by Gasteiger charge is 2.25. The molecule has 2 aromatic rings. The van der Waals surface area contributed by atoms with Gasteiger partial charge >= 0.3 is 0 Å². The van der Waals surface area contributed by atoms with Gasteiger partial charge < -0.3 is 5.32 Å². The summed E-state index contributed by atoms with van der Waals surface area (Å²) in [6, 6.07) is 16.2. The molecule has 1 N–H and O–H groups in total. The summed E-state index contributed by atoms with van der Waals surface area (Å²) in [4.78, 5) is 0. The molecule has 0 fully saturated rings. The standard InChI is InChI=1S/C21H31N/c1-6-7-15-20(21(3,4)5)22-16(2)18-14-10-12-17-11-8-9-13-19(17)18/h8-14,16,20,22H,6-7,15H2,1-5H3/t16-,20-/m1/s1. The molecule has 0 aromatic heterocycles. The van der Waals surface area contributed by atoms with Crippen LogP contribution in [0, 0.1) is 5.41 Å². The van der Waals surface area contributed by atoms with Gasteiger partial charge in [0.1, 0.15) is 0 Å². The van der Waals surface area contributed by atoms with Gasteiger partial charge in [-0.15, -0.1) is 0 Å². The number of rotatable bonds is 6. The Hall–Kier alpha value is -1.34. The van der Waals surface area contributed by atoms with Crippen molar-refractivity contribution in [2.45, 2.75) is 66.0 Å². The third kappa shape index (κ3) is 4.10. The predicted octanol–water partition coefficient (Wildman–Crippen LogP) is 6.10. The van der Waals surface area contributed by atoms with Gasteiger partial charge in [-0.2, -0.15) is 0 Å². The van der Waals surface area contributed by atoms with Crippen LogP contribution in [0.15, 0.2) is 42.5 Å². The van der Waals surface area contributed by atoms with Crippen LogP contribution in [0.3, 0.4) is 0 Å². The van der Waals surface area contributed by atoms with Gasteiger partial charge in [-0.3, -0.25) is 0 Å². The van der Waals surface area contributed by atoms with Crippen LogP contribution < -0.4 is 5.32 Å². The Balaban J connectivity index is 2.23. The maximum Gasteiger partial charge on any atom is 0.0300 e. The van der Waals surface area contributed by atoms with Gasteiger partial charge in [0.2, 0.25) is 0 Å². The van der Waals surface area contributed by atoms with Crippen LogP contribution in [-0.4, -0.2) is 6.04 Å². The van der Waals surface area contributed by atoms with E-state index in [-0.39, 0.29) is 5.41 Å². The third-order valence-electron chi connectivity index (χ3n) is 4.63. The highest BCUT2D eigenvalue weighted by Crippen LogP contribution is 2.29. The molecule has 0 aliphatic rings. The molecule has 0 unspecified atom stereocenters. The van der Waals surface area contributed by atoms with E-state index in [0.29, 0.717) is 12.1 Å².